The lowest BCUT2D eigenvalue weighted by Crippen LogP contribution is -2.47. The number of carbonyl (C=O) groups is 2. The molecule has 21 heavy (non-hydrogen) atoms. The van der Waals surface area contributed by atoms with E-state index in [9.17, 15) is 9.59 Å². The van der Waals surface area contributed by atoms with E-state index in [2.05, 4.69) is 10.6 Å². The average Bonchev–Trinajstić information content (AvgIpc) is 2.48. The largest absolute Gasteiger partial charge is 0.353 e. The van der Waals surface area contributed by atoms with Crippen molar-refractivity contribution >= 4 is 11.8 Å². The van der Waals surface area contributed by atoms with Gasteiger partial charge < -0.3 is 15.5 Å². The van der Waals surface area contributed by atoms with Gasteiger partial charge >= 0.3 is 0 Å². The van der Waals surface area contributed by atoms with Crippen LogP contribution in [-0.4, -0.2) is 48.9 Å². The summed E-state index contributed by atoms with van der Waals surface area (Å²) in [6, 6.07) is 0.239. The molecule has 2 aliphatic rings. The van der Waals surface area contributed by atoms with Crippen LogP contribution in [-0.2, 0) is 9.59 Å². The van der Waals surface area contributed by atoms with Crippen LogP contribution in [0.3, 0.4) is 0 Å². The average molecular weight is 295 g/mol. The highest BCUT2D eigenvalue weighted by atomic mass is 16.2. The molecule has 0 bridgehead atoms. The summed E-state index contributed by atoms with van der Waals surface area (Å²) in [6.45, 7) is 7.47. The van der Waals surface area contributed by atoms with E-state index in [1.54, 1.807) is 0 Å². The van der Waals surface area contributed by atoms with Gasteiger partial charge in [0.05, 0.1) is 0 Å². The van der Waals surface area contributed by atoms with Gasteiger partial charge in [0, 0.05) is 31.5 Å². The Kier molecular flexibility index (Phi) is 6.03. The van der Waals surface area contributed by atoms with E-state index < -0.39 is 0 Å². The van der Waals surface area contributed by atoms with Crippen LogP contribution in [0.15, 0.2) is 0 Å². The number of carbonyl (C=O) groups excluding carboxylic acids is 2. The first-order valence-electron chi connectivity index (χ1n) is 8.35. The molecule has 2 aliphatic heterocycles. The van der Waals surface area contributed by atoms with Crippen LogP contribution in [0.1, 0.15) is 46.0 Å². The summed E-state index contributed by atoms with van der Waals surface area (Å²) in [6.07, 6.45) is 4.71. The molecule has 120 valence electrons. The maximum atomic E-state index is 12.3. The fraction of sp³-hybridized carbons (Fsp3) is 0.875. The molecule has 2 heterocycles. The summed E-state index contributed by atoms with van der Waals surface area (Å²) < 4.78 is 0. The first kappa shape index (κ1) is 16.3. The minimum atomic E-state index is 0.0320. The Bertz CT molecular complexity index is 357. The van der Waals surface area contributed by atoms with Crippen LogP contribution in [0.2, 0.25) is 0 Å². The van der Waals surface area contributed by atoms with Crippen molar-refractivity contribution < 1.29 is 9.59 Å². The SMILES string of the molecule is CC(C)C(=O)NC1CCN(C(=O)CC2CCNCC2)CC1. The molecular weight excluding hydrogens is 266 g/mol. The predicted octanol–water partition coefficient (Wildman–Crippen LogP) is 1.14. The molecule has 0 aliphatic carbocycles. The van der Waals surface area contributed by atoms with Gasteiger partial charge in [-0.3, -0.25) is 9.59 Å². The number of nitrogens with one attached hydrogen (secondary N) is 2. The normalized spacial score (nSPS) is 21.6. The summed E-state index contributed by atoms with van der Waals surface area (Å²) in [5.74, 6) is 1.01. The van der Waals surface area contributed by atoms with Crippen LogP contribution in [0, 0.1) is 11.8 Å². The van der Waals surface area contributed by atoms with Gasteiger partial charge in [0.15, 0.2) is 0 Å². The second-order valence-corrected chi connectivity index (χ2v) is 6.72. The van der Waals surface area contributed by atoms with Crippen LogP contribution in [0.5, 0.6) is 0 Å². The number of nitrogens with zero attached hydrogens (tertiary/aromatic N) is 1. The van der Waals surface area contributed by atoms with E-state index in [-0.39, 0.29) is 17.9 Å². The highest BCUT2D eigenvalue weighted by Gasteiger charge is 2.26. The molecule has 5 heteroatoms. The van der Waals surface area contributed by atoms with Crippen molar-refractivity contribution in [2.75, 3.05) is 26.2 Å². The first-order valence-corrected chi connectivity index (χ1v) is 8.35. The quantitative estimate of drug-likeness (QED) is 0.817. The van der Waals surface area contributed by atoms with Crippen molar-refractivity contribution in [3.63, 3.8) is 0 Å². The lowest BCUT2D eigenvalue weighted by molar-refractivity contribution is -0.133. The van der Waals surface area contributed by atoms with Gasteiger partial charge in [0.2, 0.25) is 11.8 Å². The van der Waals surface area contributed by atoms with Crippen LogP contribution < -0.4 is 10.6 Å². The number of amides is 2. The summed E-state index contributed by atoms with van der Waals surface area (Å²) >= 11 is 0. The van der Waals surface area contributed by atoms with Crippen molar-refractivity contribution in [1.29, 1.82) is 0 Å². The molecule has 0 spiro atoms. The third-order valence-electron chi connectivity index (χ3n) is 4.64. The molecule has 2 amide bonds. The second kappa shape index (κ2) is 7.78. The Hall–Kier alpha value is -1.10. The summed E-state index contributed by atoms with van der Waals surface area (Å²) in [5.41, 5.74) is 0. The molecule has 0 radical (unpaired) electrons. The third-order valence-corrected chi connectivity index (χ3v) is 4.64. The Morgan fingerprint density at radius 2 is 1.76 bits per heavy atom. The molecule has 2 N–H and O–H groups in total. The van der Waals surface area contributed by atoms with Crippen LogP contribution in [0.25, 0.3) is 0 Å². The lowest BCUT2D eigenvalue weighted by atomic mass is 9.93. The number of hydrogen-bond acceptors (Lipinski definition) is 3. The van der Waals surface area contributed by atoms with Gasteiger partial charge in [0.25, 0.3) is 0 Å². The molecule has 2 fully saturated rings. The minimum Gasteiger partial charge on any atom is -0.353 e. The highest BCUT2D eigenvalue weighted by molar-refractivity contribution is 5.78. The Morgan fingerprint density at radius 1 is 1.14 bits per heavy atom. The molecule has 0 aromatic heterocycles. The maximum Gasteiger partial charge on any atom is 0.222 e. The van der Waals surface area contributed by atoms with E-state index >= 15 is 0 Å². The molecular formula is C16H29N3O2. The molecule has 2 rings (SSSR count). The van der Waals surface area contributed by atoms with E-state index in [4.69, 9.17) is 0 Å². The first-order chi connectivity index (χ1) is 10.1. The van der Waals surface area contributed by atoms with E-state index in [1.807, 2.05) is 18.7 Å². The summed E-state index contributed by atoms with van der Waals surface area (Å²) in [4.78, 5) is 26.0. The van der Waals surface area contributed by atoms with Gasteiger partial charge in [-0.2, -0.15) is 0 Å². The molecule has 0 atom stereocenters. The molecule has 0 aromatic rings. The number of rotatable bonds is 4. The van der Waals surface area contributed by atoms with Crippen LogP contribution in [0.4, 0.5) is 0 Å². The van der Waals surface area contributed by atoms with Gasteiger partial charge in [-0.15, -0.1) is 0 Å². The van der Waals surface area contributed by atoms with Crippen molar-refractivity contribution in [3.05, 3.63) is 0 Å². The number of piperidine rings is 2. The highest BCUT2D eigenvalue weighted by Crippen LogP contribution is 2.19. The molecule has 0 unspecified atom stereocenters. The fourth-order valence-corrected chi connectivity index (χ4v) is 3.10. The van der Waals surface area contributed by atoms with Crippen LogP contribution >= 0.6 is 0 Å². The van der Waals surface area contributed by atoms with Crippen molar-refractivity contribution in [3.8, 4) is 0 Å². The number of hydrogen-bond donors (Lipinski definition) is 2. The predicted molar refractivity (Wildman–Crippen MR) is 82.8 cm³/mol. The Morgan fingerprint density at radius 3 is 2.33 bits per heavy atom. The van der Waals surface area contributed by atoms with Crippen molar-refractivity contribution in [1.82, 2.24) is 15.5 Å². The molecule has 0 aromatic carbocycles. The van der Waals surface area contributed by atoms with Gasteiger partial charge in [-0.05, 0) is 44.7 Å². The summed E-state index contributed by atoms with van der Waals surface area (Å²) in [5, 5.41) is 6.41. The Labute approximate surface area is 127 Å². The number of likely N-dealkylation sites (tertiary alicyclic amines) is 1. The van der Waals surface area contributed by atoms with Gasteiger partial charge in [0.1, 0.15) is 0 Å². The zero-order valence-electron chi connectivity index (χ0n) is 13.4. The topological polar surface area (TPSA) is 61.4 Å². The minimum absolute atomic E-state index is 0.0320. The van der Waals surface area contributed by atoms with Crippen molar-refractivity contribution in [2.24, 2.45) is 11.8 Å². The molecule has 2 saturated heterocycles. The maximum absolute atomic E-state index is 12.3. The zero-order chi connectivity index (χ0) is 15.2. The zero-order valence-corrected chi connectivity index (χ0v) is 13.4. The molecule has 0 saturated carbocycles. The summed E-state index contributed by atoms with van der Waals surface area (Å²) in [7, 11) is 0. The van der Waals surface area contributed by atoms with E-state index in [0.29, 0.717) is 18.2 Å². The lowest BCUT2D eigenvalue weighted by Gasteiger charge is -2.34. The van der Waals surface area contributed by atoms with E-state index in [0.717, 1.165) is 51.9 Å². The third kappa shape index (κ3) is 4.99. The fourth-order valence-electron chi connectivity index (χ4n) is 3.10. The van der Waals surface area contributed by atoms with Crippen molar-refractivity contribution in [2.45, 2.75) is 52.0 Å². The van der Waals surface area contributed by atoms with E-state index in [1.165, 1.54) is 0 Å². The smallest absolute Gasteiger partial charge is 0.222 e. The van der Waals surface area contributed by atoms with Gasteiger partial charge in [-0.1, -0.05) is 13.8 Å². The standard InChI is InChI=1S/C16H29N3O2/c1-12(2)16(21)18-14-5-9-19(10-6-14)15(20)11-13-3-7-17-8-4-13/h12-14,17H,3-11H2,1-2H3,(H,18,21). The Balaban J connectivity index is 1.70. The monoisotopic (exact) mass is 295 g/mol. The second-order valence-electron chi connectivity index (χ2n) is 6.72. The van der Waals surface area contributed by atoms with Gasteiger partial charge in [-0.25, -0.2) is 0 Å². The molecule has 5 nitrogen and oxygen atoms in total.